The van der Waals surface area contributed by atoms with Crippen molar-refractivity contribution in [1.29, 1.82) is 0 Å². The number of carbonyl (C=O) groups is 2. The van der Waals surface area contributed by atoms with Gasteiger partial charge in [0.1, 0.15) is 5.75 Å². The van der Waals surface area contributed by atoms with E-state index in [1.807, 2.05) is 30.3 Å². The van der Waals surface area contributed by atoms with Gasteiger partial charge in [-0.1, -0.05) is 30.3 Å². The third-order valence-corrected chi connectivity index (χ3v) is 5.38. The zero-order chi connectivity index (χ0) is 22.4. The molecule has 0 unspecified atom stereocenters. The number of esters is 1. The van der Waals surface area contributed by atoms with Gasteiger partial charge in [0.15, 0.2) is 6.61 Å². The van der Waals surface area contributed by atoms with E-state index < -0.39 is 29.4 Å². The molecule has 0 aliphatic carbocycles. The monoisotopic (exact) mass is 422 g/mol. The summed E-state index contributed by atoms with van der Waals surface area (Å²) in [6.07, 6.45) is 0. The fourth-order valence-corrected chi connectivity index (χ4v) is 3.84. The van der Waals surface area contributed by atoms with E-state index in [1.165, 1.54) is 7.11 Å². The topological polar surface area (TPSA) is 138 Å². The third-order valence-electron chi connectivity index (χ3n) is 5.38. The summed E-state index contributed by atoms with van der Waals surface area (Å²) < 4.78 is 11.8. The number of benzene rings is 2. The summed E-state index contributed by atoms with van der Waals surface area (Å²) in [6.45, 7) is 1.45. The highest BCUT2D eigenvalue weighted by molar-refractivity contribution is 6.22. The summed E-state index contributed by atoms with van der Waals surface area (Å²) in [5.74, 6) is -2.16. The van der Waals surface area contributed by atoms with Crippen molar-refractivity contribution in [2.45, 2.75) is 13.5 Å². The van der Waals surface area contributed by atoms with Crippen molar-refractivity contribution >= 4 is 39.3 Å². The molecule has 1 heterocycles. The van der Waals surface area contributed by atoms with Crippen molar-refractivity contribution in [3.63, 3.8) is 0 Å². The number of rotatable bonds is 6. The maximum Gasteiger partial charge on any atom is 0.343 e. The number of nitrogens with two attached hydrogens (primary N) is 1. The number of methoxy groups -OCH3 is 1. The lowest BCUT2D eigenvalue weighted by Crippen LogP contribution is -2.33. The minimum Gasteiger partial charge on any atom is -0.480 e. The molecule has 1 aromatic heterocycles. The van der Waals surface area contributed by atoms with Crippen LogP contribution in [0.25, 0.3) is 21.7 Å². The van der Waals surface area contributed by atoms with Crippen molar-refractivity contribution in [2.75, 3.05) is 19.5 Å². The number of carboxylic acids is 1. The molecule has 0 spiro atoms. The van der Waals surface area contributed by atoms with Gasteiger partial charge in [0.25, 0.3) is 0 Å². The quantitative estimate of drug-likeness (QED) is 0.353. The minimum atomic E-state index is -1.37. The van der Waals surface area contributed by atoms with Crippen LogP contribution in [0.15, 0.2) is 39.9 Å². The number of fused-ring (bicyclic) bond motifs is 2. The predicted octanol–water partition coefficient (Wildman–Crippen LogP) is 1.58. The molecule has 4 aromatic rings. The van der Waals surface area contributed by atoms with Crippen LogP contribution < -0.4 is 21.3 Å². The first-order chi connectivity index (χ1) is 14.8. The van der Waals surface area contributed by atoms with Gasteiger partial charge < -0.3 is 24.9 Å². The van der Waals surface area contributed by atoms with E-state index in [1.54, 1.807) is 11.5 Å². The van der Waals surface area contributed by atoms with Gasteiger partial charge in [-0.15, -0.1) is 0 Å². The Kier molecular flexibility index (Phi) is 4.73. The number of nitrogen functional groups attached to an aromatic ring is 1. The second-order valence-corrected chi connectivity index (χ2v) is 7.08. The van der Waals surface area contributed by atoms with Crippen LogP contribution in [0.4, 0.5) is 5.69 Å². The Labute approximate surface area is 174 Å². The summed E-state index contributed by atoms with van der Waals surface area (Å²) >= 11 is 0. The number of aromatic nitrogens is 1. The maximum atomic E-state index is 12.3. The minimum absolute atomic E-state index is 0.0857. The van der Waals surface area contributed by atoms with Crippen molar-refractivity contribution < 1.29 is 24.2 Å². The first-order valence-electron chi connectivity index (χ1n) is 9.32. The number of hydrogen-bond acceptors (Lipinski definition) is 7. The molecular formula is C22H18N2O7. The van der Waals surface area contributed by atoms with Gasteiger partial charge in [0.2, 0.25) is 10.9 Å². The standard InChI is InChI=1S/C22H18N2O7/c1-10-17(23)16-18(24(10)8-11-6-4-3-5-7-11)14(22(28)29)13-15(20(27)19(13)26)21(16)31-9-12(25)30-2/h3-7H,8-9,23H2,1-2H3,(H,28,29). The van der Waals surface area contributed by atoms with E-state index in [2.05, 4.69) is 4.74 Å². The van der Waals surface area contributed by atoms with Crippen LogP contribution in [0, 0.1) is 6.92 Å². The highest BCUT2D eigenvalue weighted by atomic mass is 16.6. The van der Waals surface area contributed by atoms with E-state index in [-0.39, 0.29) is 45.2 Å². The molecule has 9 nitrogen and oxygen atoms in total. The molecule has 0 aliphatic rings. The number of hydrogen-bond donors (Lipinski definition) is 2. The SMILES string of the molecule is COC(=O)COc1c2c(N)c(C)n(Cc3ccccc3)c2c(C(=O)O)c2c(=O)c(=O)c12. The molecule has 0 saturated heterocycles. The Morgan fingerprint density at radius 2 is 1.71 bits per heavy atom. The number of ether oxygens (including phenoxy) is 2. The van der Waals surface area contributed by atoms with Crippen molar-refractivity contribution in [3.8, 4) is 5.75 Å². The van der Waals surface area contributed by atoms with Gasteiger partial charge in [-0.25, -0.2) is 9.59 Å². The average Bonchev–Trinajstić information content (AvgIpc) is 3.01. The van der Waals surface area contributed by atoms with Crippen molar-refractivity contribution in [2.24, 2.45) is 0 Å². The molecule has 0 atom stereocenters. The number of carbonyl (C=O) groups excluding carboxylic acids is 1. The van der Waals surface area contributed by atoms with Gasteiger partial charge in [-0.05, 0) is 12.5 Å². The van der Waals surface area contributed by atoms with E-state index in [4.69, 9.17) is 10.5 Å². The van der Waals surface area contributed by atoms with Gasteiger partial charge in [-0.3, -0.25) is 9.59 Å². The Balaban J connectivity index is 2.11. The van der Waals surface area contributed by atoms with E-state index >= 15 is 0 Å². The predicted molar refractivity (Wildman–Crippen MR) is 114 cm³/mol. The molecular weight excluding hydrogens is 404 g/mol. The number of carboxylic acid groups (broad SMARTS) is 1. The molecule has 0 saturated carbocycles. The molecule has 0 amide bonds. The van der Waals surface area contributed by atoms with Crippen LogP contribution in [-0.2, 0) is 16.1 Å². The molecule has 158 valence electrons. The highest BCUT2D eigenvalue weighted by Crippen LogP contribution is 2.43. The van der Waals surface area contributed by atoms with Crippen molar-refractivity contribution in [1.82, 2.24) is 4.57 Å². The Morgan fingerprint density at radius 3 is 2.32 bits per heavy atom. The first kappa shape index (κ1) is 20.1. The number of aromatic carboxylic acids is 1. The van der Waals surface area contributed by atoms with Crippen LogP contribution >= 0.6 is 0 Å². The zero-order valence-corrected chi connectivity index (χ0v) is 16.7. The van der Waals surface area contributed by atoms with Crippen LogP contribution in [0.2, 0.25) is 0 Å². The zero-order valence-electron chi connectivity index (χ0n) is 16.7. The molecule has 3 N–H and O–H groups in total. The molecule has 0 aliphatic heterocycles. The van der Waals surface area contributed by atoms with E-state index in [0.29, 0.717) is 5.69 Å². The van der Waals surface area contributed by atoms with Crippen LogP contribution in [0.1, 0.15) is 21.6 Å². The van der Waals surface area contributed by atoms with Gasteiger partial charge in [0, 0.05) is 12.2 Å². The highest BCUT2D eigenvalue weighted by Gasteiger charge is 2.33. The summed E-state index contributed by atoms with van der Waals surface area (Å²) in [7, 11) is 1.18. The second kappa shape index (κ2) is 7.28. The average molecular weight is 422 g/mol. The van der Waals surface area contributed by atoms with E-state index in [9.17, 15) is 24.3 Å². The normalized spacial score (nSPS) is 11.3. The fourth-order valence-electron chi connectivity index (χ4n) is 3.84. The number of anilines is 1. The molecule has 0 fully saturated rings. The van der Waals surface area contributed by atoms with Gasteiger partial charge in [-0.2, -0.15) is 0 Å². The molecule has 4 rings (SSSR count). The molecule has 0 radical (unpaired) electrons. The fraction of sp³-hybridized carbons (Fsp3) is 0.182. The van der Waals surface area contributed by atoms with Crippen LogP contribution in [0.3, 0.4) is 0 Å². The summed E-state index contributed by atoms with van der Waals surface area (Å²) in [5.41, 5.74) is 5.98. The molecule has 0 bridgehead atoms. The Morgan fingerprint density at radius 1 is 1.06 bits per heavy atom. The lowest BCUT2D eigenvalue weighted by atomic mass is 9.94. The largest absolute Gasteiger partial charge is 0.480 e. The second-order valence-electron chi connectivity index (χ2n) is 7.08. The van der Waals surface area contributed by atoms with Gasteiger partial charge in [0.05, 0.1) is 40.0 Å². The Bertz CT molecular complexity index is 1440. The Hall–Kier alpha value is -4.14. The van der Waals surface area contributed by atoms with Gasteiger partial charge >= 0.3 is 11.9 Å². The lowest BCUT2D eigenvalue weighted by Gasteiger charge is -2.16. The summed E-state index contributed by atoms with van der Waals surface area (Å²) in [4.78, 5) is 48.5. The van der Waals surface area contributed by atoms with Crippen molar-refractivity contribution in [3.05, 3.63) is 67.6 Å². The van der Waals surface area contributed by atoms with Crippen LogP contribution in [0.5, 0.6) is 5.75 Å². The lowest BCUT2D eigenvalue weighted by molar-refractivity contribution is -0.142. The van der Waals surface area contributed by atoms with E-state index in [0.717, 1.165) is 5.56 Å². The molecule has 3 aromatic carbocycles. The summed E-state index contributed by atoms with van der Waals surface area (Å²) in [5, 5.41) is 9.69. The van der Waals surface area contributed by atoms with Crippen LogP contribution in [-0.4, -0.2) is 35.3 Å². The molecule has 9 heteroatoms. The first-order valence-corrected chi connectivity index (χ1v) is 9.32. The smallest absolute Gasteiger partial charge is 0.343 e. The number of nitrogens with zero attached hydrogens (tertiary/aromatic N) is 1. The summed E-state index contributed by atoms with van der Waals surface area (Å²) in [6, 6.07) is 9.28. The maximum absolute atomic E-state index is 12.3. The third kappa shape index (κ3) is 2.93. The molecule has 31 heavy (non-hydrogen) atoms.